The molecule has 1 aromatic carbocycles. The van der Waals surface area contributed by atoms with Crippen LogP contribution in [0.15, 0.2) is 18.2 Å². The molecule has 0 unspecified atom stereocenters. The van der Waals surface area contributed by atoms with Gasteiger partial charge >= 0.3 is 0 Å². The normalized spacial score (nSPS) is 16.5. The molecule has 102 valence electrons. The molecule has 1 heterocycles. The van der Waals surface area contributed by atoms with Gasteiger partial charge in [-0.05, 0) is 30.7 Å². The highest BCUT2D eigenvalue weighted by atomic mass is 19.1. The molecule has 1 saturated heterocycles. The zero-order chi connectivity index (χ0) is 13.7. The first-order valence-corrected chi connectivity index (χ1v) is 6.21. The van der Waals surface area contributed by atoms with Crippen molar-refractivity contribution in [3.8, 4) is 11.8 Å². The number of nitrogens with one attached hydrogen (secondary N) is 1. The number of nitrogens with zero attached hydrogens (tertiary/aromatic N) is 1. The molecule has 0 aliphatic carbocycles. The number of methoxy groups -OCH3 is 1. The maximum absolute atomic E-state index is 13.5. The lowest BCUT2D eigenvalue weighted by atomic mass is 9.88. The lowest BCUT2D eigenvalue weighted by Gasteiger charge is -2.35. The van der Waals surface area contributed by atoms with Gasteiger partial charge in [-0.25, -0.2) is 4.39 Å². The fraction of sp³-hybridized carbons (Fsp3) is 0.500. The molecule has 0 saturated carbocycles. The summed E-state index contributed by atoms with van der Waals surface area (Å²) < 4.78 is 23.4. The van der Waals surface area contributed by atoms with Gasteiger partial charge in [0.15, 0.2) is 11.6 Å². The van der Waals surface area contributed by atoms with Crippen molar-refractivity contribution >= 4 is 0 Å². The molecule has 0 amide bonds. The van der Waals surface area contributed by atoms with Crippen LogP contribution in [-0.2, 0) is 11.2 Å². The van der Waals surface area contributed by atoms with E-state index < -0.39 is 0 Å². The van der Waals surface area contributed by atoms with Gasteiger partial charge in [-0.2, -0.15) is 5.26 Å². The third kappa shape index (κ3) is 3.22. The molecule has 0 radical (unpaired) electrons. The maximum Gasteiger partial charge on any atom is 0.165 e. The van der Waals surface area contributed by atoms with Gasteiger partial charge < -0.3 is 14.8 Å². The van der Waals surface area contributed by atoms with E-state index in [1.54, 1.807) is 6.07 Å². The fourth-order valence-corrected chi connectivity index (χ4v) is 1.98. The lowest BCUT2D eigenvalue weighted by molar-refractivity contribution is -0.0752. The van der Waals surface area contributed by atoms with Crippen LogP contribution >= 0.6 is 0 Å². The van der Waals surface area contributed by atoms with E-state index in [2.05, 4.69) is 11.4 Å². The predicted molar refractivity (Wildman–Crippen MR) is 68.4 cm³/mol. The third-order valence-corrected chi connectivity index (χ3v) is 3.26. The average Bonchev–Trinajstić information content (AvgIpc) is 2.37. The first-order valence-electron chi connectivity index (χ1n) is 6.21. The second-order valence-corrected chi connectivity index (χ2v) is 4.78. The number of rotatable bonds is 6. The Labute approximate surface area is 112 Å². The van der Waals surface area contributed by atoms with E-state index in [1.807, 2.05) is 6.07 Å². The number of benzene rings is 1. The summed E-state index contributed by atoms with van der Waals surface area (Å²) in [5, 5.41) is 12.2. The van der Waals surface area contributed by atoms with E-state index in [4.69, 9.17) is 14.7 Å². The highest BCUT2D eigenvalue weighted by Crippen LogP contribution is 2.25. The summed E-state index contributed by atoms with van der Waals surface area (Å²) in [6, 6.07) is 7.22. The quantitative estimate of drug-likeness (QED) is 0.791. The maximum atomic E-state index is 13.5. The summed E-state index contributed by atoms with van der Waals surface area (Å²) in [7, 11) is 1.45. The van der Waals surface area contributed by atoms with Gasteiger partial charge in [0.05, 0.1) is 26.4 Å². The minimum absolute atomic E-state index is 0.256. The Kier molecular flexibility index (Phi) is 4.35. The minimum atomic E-state index is -0.370. The molecule has 1 aliphatic heterocycles. The van der Waals surface area contributed by atoms with Gasteiger partial charge in [-0.3, -0.25) is 0 Å². The Morgan fingerprint density at radius 2 is 2.32 bits per heavy atom. The predicted octanol–water partition coefficient (Wildman–Crippen LogP) is 1.51. The van der Waals surface area contributed by atoms with Crippen molar-refractivity contribution in [1.29, 1.82) is 5.26 Å². The molecule has 0 spiro atoms. The average molecular weight is 264 g/mol. The largest absolute Gasteiger partial charge is 0.494 e. The molecule has 1 fully saturated rings. The Hall–Kier alpha value is -1.64. The van der Waals surface area contributed by atoms with Crippen LogP contribution < -0.4 is 10.1 Å². The monoisotopic (exact) mass is 264 g/mol. The van der Waals surface area contributed by atoms with Crippen molar-refractivity contribution in [2.45, 2.75) is 6.42 Å². The van der Waals surface area contributed by atoms with Crippen molar-refractivity contribution < 1.29 is 13.9 Å². The Morgan fingerprint density at radius 1 is 1.53 bits per heavy atom. The smallest absolute Gasteiger partial charge is 0.165 e. The van der Waals surface area contributed by atoms with Gasteiger partial charge in [0.2, 0.25) is 0 Å². The number of nitriles is 1. The van der Waals surface area contributed by atoms with Gasteiger partial charge in [-0.1, -0.05) is 6.07 Å². The van der Waals surface area contributed by atoms with Crippen molar-refractivity contribution in [2.75, 3.05) is 33.4 Å². The van der Waals surface area contributed by atoms with Crippen molar-refractivity contribution in [1.82, 2.24) is 5.32 Å². The molecule has 4 nitrogen and oxygen atoms in total. The van der Waals surface area contributed by atoms with Crippen LogP contribution in [0.5, 0.6) is 5.75 Å². The first kappa shape index (κ1) is 13.8. The summed E-state index contributed by atoms with van der Waals surface area (Å²) in [5.41, 5.74) is 0.534. The van der Waals surface area contributed by atoms with Crippen LogP contribution in [-0.4, -0.2) is 33.4 Å². The number of hydrogen-bond donors (Lipinski definition) is 1. The van der Waals surface area contributed by atoms with Crippen LogP contribution in [0.25, 0.3) is 0 Å². The van der Waals surface area contributed by atoms with Crippen molar-refractivity contribution in [3.05, 3.63) is 29.6 Å². The van der Waals surface area contributed by atoms with E-state index in [0.717, 1.165) is 5.56 Å². The standard InChI is InChI=1S/C14H17FN2O2/c1-18-13-3-2-11(6-12(13)15)4-5-17-8-14(7-16)9-19-10-14/h2-3,6,17H,4-5,8-10H2,1H3. The Bertz CT molecular complexity index is 481. The number of ether oxygens (including phenoxy) is 2. The molecular weight excluding hydrogens is 247 g/mol. The molecule has 1 N–H and O–H groups in total. The summed E-state index contributed by atoms with van der Waals surface area (Å²) in [4.78, 5) is 0. The van der Waals surface area contributed by atoms with Crippen LogP contribution in [0.1, 0.15) is 5.56 Å². The summed E-state index contributed by atoms with van der Waals surface area (Å²) in [6.45, 7) is 2.30. The number of halogens is 1. The molecule has 1 aromatic rings. The van der Waals surface area contributed by atoms with E-state index in [9.17, 15) is 4.39 Å². The molecule has 1 aliphatic rings. The van der Waals surface area contributed by atoms with Crippen molar-refractivity contribution in [3.63, 3.8) is 0 Å². The summed E-state index contributed by atoms with van der Waals surface area (Å²) in [6.07, 6.45) is 0.712. The molecule has 0 atom stereocenters. The second-order valence-electron chi connectivity index (χ2n) is 4.78. The molecule has 0 aromatic heterocycles. The van der Waals surface area contributed by atoms with Crippen molar-refractivity contribution in [2.24, 2.45) is 5.41 Å². The van der Waals surface area contributed by atoms with E-state index in [-0.39, 0.29) is 17.0 Å². The van der Waals surface area contributed by atoms with Crippen LogP contribution in [0.2, 0.25) is 0 Å². The summed E-state index contributed by atoms with van der Waals surface area (Å²) >= 11 is 0. The van der Waals surface area contributed by atoms with E-state index in [0.29, 0.717) is 32.7 Å². The van der Waals surface area contributed by atoms with Crippen LogP contribution in [0.4, 0.5) is 4.39 Å². The highest BCUT2D eigenvalue weighted by molar-refractivity contribution is 5.29. The molecular formula is C14H17FN2O2. The number of hydrogen-bond acceptors (Lipinski definition) is 4. The van der Waals surface area contributed by atoms with Gasteiger partial charge in [0, 0.05) is 6.54 Å². The zero-order valence-corrected chi connectivity index (χ0v) is 10.9. The van der Waals surface area contributed by atoms with Crippen LogP contribution in [0.3, 0.4) is 0 Å². The molecule has 2 rings (SSSR count). The Morgan fingerprint density at radius 3 is 2.84 bits per heavy atom. The zero-order valence-electron chi connectivity index (χ0n) is 10.9. The first-order chi connectivity index (χ1) is 9.19. The molecule has 5 heteroatoms. The second kappa shape index (κ2) is 6.00. The van der Waals surface area contributed by atoms with Gasteiger partial charge in [0.1, 0.15) is 5.41 Å². The minimum Gasteiger partial charge on any atom is -0.494 e. The molecule has 0 bridgehead atoms. The van der Waals surface area contributed by atoms with Crippen LogP contribution in [0, 0.1) is 22.6 Å². The van der Waals surface area contributed by atoms with E-state index >= 15 is 0 Å². The Balaban J connectivity index is 1.77. The SMILES string of the molecule is COc1ccc(CCNCC2(C#N)COC2)cc1F. The fourth-order valence-electron chi connectivity index (χ4n) is 1.98. The lowest BCUT2D eigenvalue weighted by Crippen LogP contribution is -2.48. The summed E-state index contributed by atoms with van der Waals surface area (Å²) in [5.74, 6) is -0.0901. The highest BCUT2D eigenvalue weighted by Gasteiger charge is 2.38. The third-order valence-electron chi connectivity index (χ3n) is 3.26. The van der Waals surface area contributed by atoms with Gasteiger partial charge in [-0.15, -0.1) is 0 Å². The topological polar surface area (TPSA) is 54.3 Å². The molecule has 19 heavy (non-hydrogen) atoms. The van der Waals surface area contributed by atoms with E-state index in [1.165, 1.54) is 13.2 Å². The van der Waals surface area contributed by atoms with Gasteiger partial charge in [0.25, 0.3) is 0 Å².